The highest BCUT2D eigenvalue weighted by Crippen LogP contribution is 2.25. The van der Waals surface area contributed by atoms with E-state index >= 15 is 0 Å². The third-order valence-electron chi connectivity index (χ3n) is 1.54. The summed E-state index contributed by atoms with van der Waals surface area (Å²) in [6.07, 6.45) is 3.44. The van der Waals surface area contributed by atoms with E-state index in [4.69, 9.17) is 5.73 Å². The summed E-state index contributed by atoms with van der Waals surface area (Å²) in [5.74, 6) is 0.557. The van der Waals surface area contributed by atoms with Crippen molar-refractivity contribution in [2.24, 2.45) is 0 Å². The number of hydrogen-bond donors (Lipinski definition) is 1. The molecule has 0 fully saturated rings. The highest BCUT2D eigenvalue weighted by Gasteiger charge is 2.02. The molecule has 0 saturated carbocycles. The monoisotopic (exact) mass is 177 g/mol. The topological polar surface area (TPSA) is 51.8 Å². The largest absolute Gasteiger partial charge is 0.383 e. The molecule has 2 N–H and O–H groups in total. The van der Waals surface area contributed by atoms with Crippen molar-refractivity contribution < 1.29 is 0 Å². The number of nitrogens with zero attached hydrogens (tertiary/aromatic N) is 2. The van der Waals surface area contributed by atoms with Gasteiger partial charge in [-0.2, -0.15) is 0 Å². The predicted octanol–water partition coefficient (Wildman–Crippen LogP) is 1.79. The van der Waals surface area contributed by atoms with Crippen LogP contribution in [-0.2, 0) is 0 Å². The van der Waals surface area contributed by atoms with Gasteiger partial charge in [0.1, 0.15) is 5.82 Å². The van der Waals surface area contributed by atoms with Crippen LogP contribution in [-0.4, -0.2) is 9.36 Å². The number of anilines is 1. The Morgan fingerprint density at radius 2 is 2.17 bits per heavy atom. The molecule has 0 aromatic carbocycles. The van der Waals surface area contributed by atoms with Crippen molar-refractivity contribution in [3.8, 4) is 10.4 Å². The van der Waals surface area contributed by atoms with E-state index in [0.717, 1.165) is 10.4 Å². The van der Waals surface area contributed by atoms with Crippen LogP contribution in [0.2, 0.25) is 0 Å². The molecule has 3 nitrogen and oxygen atoms in total. The van der Waals surface area contributed by atoms with Gasteiger partial charge in [-0.05, 0) is 29.7 Å². The van der Waals surface area contributed by atoms with Gasteiger partial charge in [0.15, 0.2) is 0 Å². The number of nitrogen functional groups attached to an aromatic ring is 1. The standard InChI is InChI=1S/C8H7N3S/c9-8-6(2-1-4-10-8)7-3-5-11-12-7/h1-5H,(H2,9,10). The van der Waals surface area contributed by atoms with Gasteiger partial charge in [-0.1, -0.05) is 0 Å². The van der Waals surface area contributed by atoms with Gasteiger partial charge in [-0.3, -0.25) is 0 Å². The molecule has 4 heteroatoms. The summed E-state index contributed by atoms with van der Waals surface area (Å²) in [5.41, 5.74) is 6.64. The van der Waals surface area contributed by atoms with Crippen LogP contribution in [0.1, 0.15) is 0 Å². The molecule has 60 valence electrons. The molecule has 0 saturated heterocycles. The molecule has 2 aromatic rings. The first-order valence-electron chi connectivity index (χ1n) is 3.49. The van der Waals surface area contributed by atoms with E-state index in [-0.39, 0.29) is 0 Å². The molecule has 0 spiro atoms. The molecule has 12 heavy (non-hydrogen) atoms. The van der Waals surface area contributed by atoms with Crippen LogP contribution >= 0.6 is 11.5 Å². The normalized spacial score (nSPS) is 10.0. The first kappa shape index (κ1) is 7.24. The van der Waals surface area contributed by atoms with Gasteiger partial charge in [-0.25, -0.2) is 9.36 Å². The van der Waals surface area contributed by atoms with Crippen LogP contribution in [0.5, 0.6) is 0 Å². The van der Waals surface area contributed by atoms with Crippen molar-refractivity contribution in [3.05, 3.63) is 30.6 Å². The Kier molecular flexibility index (Phi) is 1.75. The second-order valence-corrected chi connectivity index (χ2v) is 3.15. The Morgan fingerprint density at radius 1 is 1.25 bits per heavy atom. The second-order valence-electron chi connectivity index (χ2n) is 2.31. The minimum Gasteiger partial charge on any atom is -0.383 e. The Morgan fingerprint density at radius 3 is 2.83 bits per heavy atom. The third kappa shape index (κ3) is 1.16. The fourth-order valence-corrected chi connectivity index (χ4v) is 1.61. The van der Waals surface area contributed by atoms with E-state index in [1.165, 1.54) is 11.5 Å². The van der Waals surface area contributed by atoms with Crippen molar-refractivity contribution in [3.63, 3.8) is 0 Å². The number of pyridine rings is 1. The number of nitrogens with two attached hydrogens (primary N) is 1. The Balaban J connectivity index is 2.55. The Hall–Kier alpha value is -1.42. The molecule has 0 aliphatic rings. The fourth-order valence-electron chi connectivity index (χ4n) is 0.981. The van der Waals surface area contributed by atoms with Crippen molar-refractivity contribution in [2.45, 2.75) is 0 Å². The smallest absolute Gasteiger partial charge is 0.132 e. The maximum absolute atomic E-state index is 5.68. The maximum Gasteiger partial charge on any atom is 0.132 e. The molecule has 0 amide bonds. The lowest BCUT2D eigenvalue weighted by molar-refractivity contribution is 1.34. The van der Waals surface area contributed by atoms with Gasteiger partial charge in [-0.15, -0.1) is 0 Å². The second kappa shape index (κ2) is 2.91. The summed E-state index contributed by atoms with van der Waals surface area (Å²) in [7, 11) is 0. The van der Waals surface area contributed by atoms with Gasteiger partial charge in [0, 0.05) is 18.0 Å². The molecule has 0 aliphatic heterocycles. The lowest BCUT2D eigenvalue weighted by Gasteiger charge is -1.98. The Labute approximate surface area is 74.0 Å². The van der Waals surface area contributed by atoms with Crippen LogP contribution in [0.3, 0.4) is 0 Å². The zero-order chi connectivity index (χ0) is 8.39. The average Bonchev–Trinajstić information content (AvgIpc) is 2.57. The summed E-state index contributed by atoms with van der Waals surface area (Å²) in [4.78, 5) is 5.05. The fraction of sp³-hybridized carbons (Fsp3) is 0. The summed E-state index contributed by atoms with van der Waals surface area (Å²) >= 11 is 1.42. The molecular weight excluding hydrogens is 170 g/mol. The van der Waals surface area contributed by atoms with Crippen LogP contribution in [0, 0.1) is 0 Å². The number of hydrogen-bond acceptors (Lipinski definition) is 4. The first-order valence-corrected chi connectivity index (χ1v) is 4.27. The number of aromatic nitrogens is 2. The molecule has 2 aromatic heterocycles. The van der Waals surface area contributed by atoms with Gasteiger partial charge in [0.05, 0.1) is 4.88 Å². The zero-order valence-corrected chi connectivity index (χ0v) is 7.08. The molecule has 0 aliphatic carbocycles. The number of rotatable bonds is 1. The first-order chi connectivity index (χ1) is 5.88. The predicted molar refractivity (Wildman–Crippen MR) is 49.8 cm³/mol. The molecule has 2 heterocycles. The minimum atomic E-state index is 0.557. The maximum atomic E-state index is 5.68. The summed E-state index contributed by atoms with van der Waals surface area (Å²) in [5, 5.41) is 0. The van der Waals surface area contributed by atoms with Gasteiger partial charge in [0.2, 0.25) is 0 Å². The van der Waals surface area contributed by atoms with E-state index < -0.39 is 0 Å². The molecule has 0 atom stereocenters. The van der Waals surface area contributed by atoms with E-state index in [1.54, 1.807) is 12.4 Å². The third-order valence-corrected chi connectivity index (χ3v) is 2.32. The highest BCUT2D eigenvalue weighted by atomic mass is 32.1. The summed E-state index contributed by atoms with van der Waals surface area (Å²) < 4.78 is 4.00. The average molecular weight is 177 g/mol. The molecule has 0 radical (unpaired) electrons. The van der Waals surface area contributed by atoms with Gasteiger partial charge >= 0.3 is 0 Å². The lowest BCUT2D eigenvalue weighted by atomic mass is 10.2. The van der Waals surface area contributed by atoms with Crippen LogP contribution in [0.15, 0.2) is 30.6 Å². The van der Waals surface area contributed by atoms with Crippen molar-refractivity contribution in [1.82, 2.24) is 9.36 Å². The van der Waals surface area contributed by atoms with Gasteiger partial charge < -0.3 is 5.73 Å². The molecule has 2 rings (SSSR count). The van der Waals surface area contributed by atoms with E-state index in [0.29, 0.717) is 5.82 Å². The molecular formula is C8H7N3S. The van der Waals surface area contributed by atoms with Crippen molar-refractivity contribution in [2.75, 3.05) is 5.73 Å². The lowest BCUT2D eigenvalue weighted by Crippen LogP contribution is -1.91. The summed E-state index contributed by atoms with van der Waals surface area (Å²) in [6, 6.07) is 5.74. The quantitative estimate of drug-likeness (QED) is 0.722. The van der Waals surface area contributed by atoms with Crippen LogP contribution in [0.4, 0.5) is 5.82 Å². The Bertz CT molecular complexity index is 370. The molecule has 0 unspecified atom stereocenters. The summed E-state index contributed by atoms with van der Waals surface area (Å²) in [6.45, 7) is 0. The van der Waals surface area contributed by atoms with Crippen molar-refractivity contribution in [1.29, 1.82) is 0 Å². The van der Waals surface area contributed by atoms with E-state index in [1.807, 2.05) is 18.2 Å². The van der Waals surface area contributed by atoms with Gasteiger partial charge in [0.25, 0.3) is 0 Å². The minimum absolute atomic E-state index is 0.557. The SMILES string of the molecule is Nc1ncccc1-c1ccns1. The van der Waals surface area contributed by atoms with Crippen LogP contribution in [0.25, 0.3) is 10.4 Å². The highest BCUT2D eigenvalue weighted by molar-refractivity contribution is 7.09. The van der Waals surface area contributed by atoms with Crippen LogP contribution < -0.4 is 5.73 Å². The van der Waals surface area contributed by atoms with E-state index in [9.17, 15) is 0 Å². The zero-order valence-electron chi connectivity index (χ0n) is 6.27. The van der Waals surface area contributed by atoms with Crippen molar-refractivity contribution >= 4 is 17.4 Å². The van der Waals surface area contributed by atoms with E-state index in [2.05, 4.69) is 9.36 Å². The molecule has 0 bridgehead atoms.